The van der Waals surface area contributed by atoms with Crippen LogP contribution in [0.25, 0.3) is 16.8 Å². The van der Waals surface area contributed by atoms with Crippen LogP contribution in [0.4, 0.5) is 0 Å². The Morgan fingerprint density at radius 1 is 0.848 bits per heavy atom. The lowest BCUT2D eigenvalue weighted by Gasteiger charge is -2.15. The Bertz CT molecular complexity index is 1260. The predicted octanol–water partition coefficient (Wildman–Crippen LogP) is 3.59. The van der Waals surface area contributed by atoms with E-state index in [1.165, 1.54) is 38.7 Å². The SMILES string of the molecule is COc1ccncc1-c1ccc(C(=O)c2cc(OC)c(OC)c(OC)c2)c(-n2cncn2)c1. The fourth-order valence-electron chi connectivity index (χ4n) is 3.56. The molecule has 0 aliphatic carbocycles. The summed E-state index contributed by atoms with van der Waals surface area (Å²) in [5.41, 5.74) is 2.94. The Morgan fingerprint density at radius 3 is 2.18 bits per heavy atom. The maximum absolute atomic E-state index is 13.6. The summed E-state index contributed by atoms with van der Waals surface area (Å²) in [6.45, 7) is 0. The largest absolute Gasteiger partial charge is 0.496 e. The summed E-state index contributed by atoms with van der Waals surface area (Å²) in [4.78, 5) is 21.9. The summed E-state index contributed by atoms with van der Waals surface area (Å²) in [6.07, 6.45) is 6.31. The van der Waals surface area contributed by atoms with E-state index >= 15 is 0 Å². The zero-order chi connectivity index (χ0) is 23.4. The highest BCUT2D eigenvalue weighted by molar-refractivity contribution is 6.12. The van der Waals surface area contributed by atoms with Crippen LogP contribution < -0.4 is 18.9 Å². The highest BCUT2D eigenvalue weighted by Crippen LogP contribution is 2.39. The van der Waals surface area contributed by atoms with Crippen molar-refractivity contribution in [3.05, 3.63) is 72.6 Å². The molecule has 0 spiro atoms. The summed E-state index contributed by atoms with van der Waals surface area (Å²) < 4.78 is 23.2. The van der Waals surface area contributed by atoms with Gasteiger partial charge in [-0.05, 0) is 35.9 Å². The summed E-state index contributed by atoms with van der Waals surface area (Å²) in [7, 11) is 6.11. The summed E-state index contributed by atoms with van der Waals surface area (Å²) in [5.74, 6) is 1.60. The van der Waals surface area contributed by atoms with Gasteiger partial charge in [0.25, 0.3) is 0 Å². The number of pyridine rings is 1. The number of methoxy groups -OCH3 is 4. The van der Waals surface area contributed by atoms with Crippen LogP contribution in [0.5, 0.6) is 23.0 Å². The standard InChI is InChI=1S/C24H22N4O5/c1-30-20-7-8-25-12-18(20)15-5-6-17(19(9-15)28-14-26-13-27-28)23(29)16-10-21(31-2)24(33-4)22(11-16)32-3/h5-14H,1-4H3. The van der Waals surface area contributed by atoms with E-state index < -0.39 is 0 Å². The second-order valence-electron chi connectivity index (χ2n) is 6.89. The first-order chi connectivity index (χ1) is 16.1. The van der Waals surface area contributed by atoms with E-state index in [1.807, 2.05) is 12.1 Å². The Labute approximate surface area is 190 Å². The molecule has 9 heteroatoms. The number of hydrogen-bond acceptors (Lipinski definition) is 8. The van der Waals surface area contributed by atoms with Gasteiger partial charge in [0.05, 0.1) is 34.1 Å². The molecule has 2 heterocycles. The molecule has 0 amide bonds. The number of hydrogen-bond donors (Lipinski definition) is 0. The second kappa shape index (κ2) is 9.39. The average molecular weight is 446 g/mol. The zero-order valence-electron chi connectivity index (χ0n) is 18.6. The van der Waals surface area contributed by atoms with E-state index in [2.05, 4.69) is 15.1 Å². The molecule has 33 heavy (non-hydrogen) atoms. The quantitative estimate of drug-likeness (QED) is 0.379. The molecule has 9 nitrogen and oxygen atoms in total. The van der Waals surface area contributed by atoms with Gasteiger partial charge in [0, 0.05) is 29.1 Å². The molecule has 0 radical (unpaired) electrons. The van der Waals surface area contributed by atoms with Gasteiger partial charge in [-0.3, -0.25) is 9.78 Å². The Morgan fingerprint density at radius 2 is 1.58 bits per heavy atom. The number of carbonyl (C=O) groups is 1. The van der Waals surface area contributed by atoms with Crippen molar-refractivity contribution in [3.63, 3.8) is 0 Å². The molecule has 0 aliphatic heterocycles. The van der Waals surface area contributed by atoms with E-state index in [9.17, 15) is 4.79 Å². The Hall–Kier alpha value is -4.40. The van der Waals surface area contributed by atoms with Crippen LogP contribution in [0.15, 0.2) is 61.4 Å². The topological polar surface area (TPSA) is 97.6 Å². The van der Waals surface area contributed by atoms with Gasteiger partial charge in [-0.2, -0.15) is 5.10 Å². The third kappa shape index (κ3) is 4.08. The van der Waals surface area contributed by atoms with E-state index in [0.29, 0.717) is 39.8 Å². The Kier molecular flexibility index (Phi) is 6.21. The highest BCUT2D eigenvalue weighted by atomic mass is 16.5. The molecule has 2 aromatic carbocycles. The van der Waals surface area contributed by atoms with E-state index in [4.69, 9.17) is 18.9 Å². The van der Waals surface area contributed by atoms with Crippen molar-refractivity contribution in [2.45, 2.75) is 0 Å². The minimum Gasteiger partial charge on any atom is -0.496 e. The van der Waals surface area contributed by atoms with Crippen molar-refractivity contribution in [2.24, 2.45) is 0 Å². The smallest absolute Gasteiger partial charge is 0.203 e. The van der Waals surface area contributed by atoms with Crippen LogP contribution in [0, 0.1) is 0 Å². The second-order valence-corrected chi connectivity index (χ2v) is 6.89. The lowest BCUT2D eigenvalue weighted by atomic mass is 9.97. The van der Waals surface area contributed by atoms with Crippen molar-refractivity contribution in [3.8, 4) is 39.8 Å². The number of benzene rings is 2. The number of aromatic nitrogens is 4. The molecule has 0 atom stereocenters. The molecule has 0 aliphatic rings. The number of carbonyl (C=O) groups excluding carboxylic acids is 1. The van der Waals surface area contributed by atoms with Crippen LogP contribution in [0.2, 0.25) is 0 Å². The monoisotopic (exact) mass is 446 g/mol. The molecule has 0 N–H and O–H groups in total. The van der Waals surface area contributed by atoms with Crippen molar-refractivity contribution >= 4 is 5.78 Å². The molecule has 0 saturated carbocycles. The average Bonchev–Trinajstić information content (AvgIpc) is 3.42. The maximum Gasteiger partial charge on any atom is 0.203 e. The number of ether oxygens (including phenoxy) is 4. The fraction of sp³-hybridized carbons (Fsp3) is 0.167. The summed E-state index contributed by atoms with van der Waals surface area (Å²) in [5, 5.41) is 4.23. The van der Waals surface area contributed by atoms with E-state index in [0.717, 1.165) is 11.1 Å². The lowest BCUT2D eigenvalue weighted by molar-refractivity contribution is 0.103. The van der Waals surface area contributed by atoms with Crippen molar-refractivity contribution in [1.82, 2.24) is 19.7 Å². The van der Waals surface area contributed by atoms with Crippen LogP contribution >= 0.6 is 0 Å². The van der Waals surface area contributed by atoms with Crippen LogP contribution in [-0.2, 0) is 0 Å². The third-order valence-corrected chi connectivity index (χ3v) is 5.15. The molecule has 0 saturated heterocycles. The van der Waals surface area contributed by atoms with Crippen LogP contribution in [0.3, 0.4) is 0 Å². The maximum atomic E-state index is 13.6. The Balaban J connectivity index is 1.87. The van der Waals surface area contributed by atoms with E-state index in [-0.39, 0.29) is 5.78 Å². The molecular weight excluding hydrogens is 424 g/mol. The van der Waals surface area contributed by atoms with Crippen LogP contribution in [0.1, 0.15) is 15.9 Å². The van der Waals surface area contributed by atoms with Gasteiger partial charge in [-0.1, -0.05) is 6.07 Å². The molecule has 0 bridgehead atoms. The number of rotatable bonds is 8. The minimum absolute atomic E-state index is 0.246. The van der Waals surface area contributed by atoms with Crippen molar-refractivity contribution in [2.75, 3.05) is 28.4 Å². The first-order valence-electron chi connectivity index (χ1n) is 9.93. The number of nitrogens with zero attached hydrogens (tertiary/aromatic N) is 4. The van der Waals surface area contributed by atoms with Gasteiger partial charge < -0.3 is 18.9 Å². The van der Waals surface area contributed by atoms with Gasteiger partial charge in [0.2, 0.25) is 5.75 Å². The van der Waals surface area contributed by atoms with E-state index in [1.54, 1.807) is 43.8 Å². The van der Waals surface area contributed by atoms with Crippen molar-refractivity contribution < 1.29 is 23.7 Å². The van der Waals surface area contributed by atoms with Crippen LogP contribution in [-0.4, -0.2) is 54.0 Å². The first kappa shape index (κ1) is 21.8. The summed E-state index contributed by atoms with van der Waals surface area (Å²) in [6, 6.07) is 10.4. The minimum atomic E-state index is -0.246. The predicted molar refractivity (Wildman–Crippen MR) is 121 cm³/mol. The fourth-order valence-corrected chi connectivity index (χ4v) is 3.56. The van der Waals surface area contributed by atoms with Crippen molar-refractivity contribution in [1.29, 1.82) is 0 Å². The van der Waals surface area contributed by atoms with Gasteiger partial charge >= 0.3 is 0 Å². The lowest BCUT2D eigenvalue weighted by Crippen LogP contribution is -2.09. The highest BCUT2D eigenvalue weighted by Gasteiger charge is 2.22. The van der Waals surface area contributed by atoms with Gasteiger partial charge in [0.1, 0.15) is 18.4 Å². The molecular formula is C24H22N4O5. The molecule has 0 fully saturated rings. The first-order valence-corrected chi connectivity index (χ1v) is 9.93. The molecule has 168 valence electrons. The van der Waals surface area contributed by atoms with Gasteiger partial charge in [-0.15, -0.1) is 0 Å². The molecule has 4 aromatic rings. The molecule has 0 unspecified atom stereocenters. The van der Waals surface area contributed by atoms with Gasteiger partial charge in [-0.25, -0.2) is 9.67 Å². The normalized spacial score (nSPS) is 10.5. The molecule has 4 rings (SSSR count). The zero-order valence-corrected chi connectivity index (χ0v) is 18.6. The third-order valence-electron chi connectivity index (χ3n) is 5.15. The summed E-state index contributed by atoms with van der Waals surface area (Å²) >= 11 is 0. The van der Waals surface area contributed by atoms with Gasteiger partial charge in [0.15, 0.2) is 17.3 Å². The number of ketones is 1. The molecule has 2 aromatic heterocycles.